The zero-order valence-electron chi connectivity index (χ0n) is 14.6. The second kappa shape index (κ2) is 15.3. The highest BCUT2D eigenvalue weighted by Crippen LogP contribution is 2.49. The van der Waals surface area contributed by atoms with E-state index in [0.29, 0.717) is 31.3 Å². The first-order valence-corrected chi connectivity index (χ1v) is 12.0. The minimum Gasteiger partial charge on any atom is -0.314 e. The van der Waals surface area contributed by atoms with Crippen LogP contribution in [0.25, 0.3) is 0 Å². The summed E-state index contributed by atoms with van der Waals surface area (Å²) in [6.07, 6.45) is -0.261. The number of halogens is 2. The van der Waals surface area contributed by atoms with E-state index >= 15 is 0 Å². The Balaban J connectivity index is 0.000000500. The predicted molar refractivity (Wildman–Crippen MR) is 102 cm³/mol. The summed E-state index contributed by atoms with van der Waals surface area (Å²) < 4.78 is 50.7. The maximum Gasteiger partial charge on any atom is 0.394 e. The van der Waals surface area contributed by atoms with Crippen molar-refractivity contribution < 1.29 is 36.8 Å². The third-order valence-electron chi connectivity index (χ3n) is 3.10. The van der Waals surface area contributed by atoms with E-state index in [1.165, 1.54) is 4.67 Å². The van der Waals surface area contributed by atoms with E-state index in [1.807, 2.05) is 0 Å². The van der Waals surface area contributed by atoms with E-state index in [-0.39, 0.29) is 6.61 Å². The van der Waals surface area contributed by atoms with Crippen LogP contribution in [0.5, 0.6) is 0 Å². The molecule has 2 aliphatic rings. The molecule has 0 spiro atoms. The molecule has 0 aromatic carbocycles. The summed E-state index contributed by atoms with van der Waals surface area (Å²) in [5.41, 5.74) is 0. The van der Waals surface area contributed by atoms with Crippen LogP contribution >= 0.6 is 30.9 Å². The molecule has 2 heterocycles. The average molecular weight is 477 g/mol. The zero-order chi connectivity index (χ0) is 20.8. The van der Waals surface area contributed by atoms with Gasteiger partial charge in [0.1, 0.15) is 0 Å². The maximum absolute atomic E-state index is 12.4. The van der Waals surface area contributed by atoms with Crippen LogP contribution in [0.1, 0.15) is 6.42 Å². The smallest absolute Gasteiger partial charge is 0.314 e. The molecule has 2 aliphatic heterocycles. The topological polar surface area (TPSA) is 170 Å². The molecule has 2 saturated heterocycles. The maximum atomic E-state index is 12.4. The van der Waals surface area contributed by atoms with E-state index in [4.69, 9.17) is 50.5 Å². The number of nitrogens with zero attached hydrogens (tertiary/aromatic N) is 1. The van der Waals surface area contributed by atoms with Crippen LogP contribution in [-0.4, -0.2) is 91.3 Å². The Morgan fingerprint density at radius 3 is 1.89 bits per heavy atom. The Kier molecular flexibility index (Phi) is 15.5. The van der Waals surface area contributed by atoms with E-state index in [2.05, 4.69) is 20.6 Å². The molecule has 0 amide bonds. The van der Waals surface area contributed by atoms with Gasteiger partial charge in [0.15, 0.2) is 6.23 Å². The van der Waals surface area contributed by atoms with Gasteiger partial charge in [-0.2, -0.15) is 8.42 Å². The molecule has 12 nitrogen and oxygen atoms in total. The molecule has 0 saturated carbocycles. The van der Waals surface area contributed by atoms with E-state index in [0.717, 1.165) is 26.2 Å². The normalized spacial score (nSPS) is 25.8. The fourth-order valence-corrected chi connectivity index (χ4v) is 4.65. The molecule has 2 rings (SSSR count). The number of nitrogens with one attached hydrogen (secondary N) is 3. The molecule has 16 heteroatoms. The SMILES string of the molecule is C1CNCCN1.O=S(=O)(O)O.O=[P@@]1(N(CCCl)CCCl)N[C@@H](OO)CCO1. The number of hydrogen-bond acceptors (Lipinski definition) is 8. The third-order valence-corrected chi connectivity index (χ3v) is 5.73. The summed E-state index contributed by atoms with van der Waals surface area (Å²) in [5.74, 6) is 0.632. The van der Waals surface area contributed by atoms with Crippen LogP contribution in [0.4, 0.5) is 0 Å². The molecule has 2 fully saturated rings. The average Bonchev–Trinajstić information content (AvgIpc) is 2.62. The summed E-state index contributed by atoms with van der Waals surface area (Å²) in [6.45, 7) is 5.57. The molecule has 0 aromatic rings. The Morgan fingerprint density at radius 2 is 1.56 bits per heavy atom. The molecule has 0 aliphatic carbocycles. The molecule has 164 valence electrons. The van der Waals surface area contributed by atoms with E-state index < -0.39 is 24.3 Å². The Labute approximate surface area is 168 Å². The fourth-order valence-electron chi connectivity index (χ4n) is 1.98. The van der Waals surface area contributed by atoms with E-state index in [1.54, 1.807) is 0 Å². The molecule has 0 bridgehead atoms. The quantitative estimate of drug-likeness (QED) is 0.101. The third kappa shape index (κ3) is 15.0. The lowest BCUT2D eigenvalue weighted by molar-refractivity contribution is -0.286. The minimum absolute atomic E-state index is 0.247. The summed E-state index contributed by atoms with van der Waals surface area (Å²) >= 11 is 11.2. The van der Waals surface area contributed by atoms with Gasteiger partial charge in [0.05, 0.1) is 6.61 Å². The Hall–Kier alpha value is 0.400. The first kappa shape index (κ1) is 27.4. The van der Waals surface area contributed by atoms with Crippen molar-refractivity contribution in [1.29, 1.82) is 0 Å². The monoisotopic (exact) mass is 476 g/mol. The van der Waals surface area contributed by atoms with Crippen LogP contribution in [0.3, 0.4) is 0 Å². The van der Waals surface area contributed by atoms with Crippen LogP contribution in [0.15, 0.2) is 0 Å². The van der Waals surface area contributed by atoms with Crippen molar-refractivity contribution in [2.24, 2.45) is 0 Å². The molecule has 2 atom stereocenters. The largest absolute Gasteiger partial charge is 0.394 e. The van der Waals surface area contributed by atoms with Crippen LogP contribution in [0.2, 0.25) is 0 Å². The van der Waals surface area contributed by atoms with Crippen LogP contribution in [0, 0.1) is 0 Å². The second-order valence-electron chi connectivity index (χ2n) is 5.14. The number of rotatable bonds is 6. The van der Waals surface area contributed by atoms with E-state index in [9.17, 15) is 4.57 Å². The van der Waals surface area contributed by atoms with Gasteiger partial charge in [-0.25, -0.2) is 14.6 Å². The van der Waals surface area contributed by atoms with Gasteiger partial charge < -0.3 is 15.2 Å². The van der Waals surface area contributed by atoms with Crippen molar-refractivity contribution in [3.05, 3.63) is 0 Å². The number of alkyl halides is 2. The lowest BCUT2D eigenvalue weighted by atomic mass is 10.4. The highest BCUT2D eigenvalue weighted by molar-refractivity contribution is 7.79. The zero-order valence-corrected chi connectivity index (χ0v) is 17.8. The molecule has 0 unspecified atom stereocenters. The summed E-state index contributed by atoms with van der Waals surface area (Å²) in [7, 11) is -7.87. The first-order chi connectivity index (χ1) is 12.7. The van der Waals surface area contributed by atoms with Gasteiger partial charge in [0, 0.05) is 57.4 Å². The van der Waals surface area contributed by atoms with Crippen molar-refractivity contribution in [2.45, 2.75) is 12.6 Å². The van der Waals surface area contributed by atoms with Crippen LogP contribution < -0.4 is 15.7 Å². The first-order valence-electron chi connectivity index (χ1n) is 7.97. The van der Waals surface area contributed by atoms with Crippen molar-refractivity contribution in [3.63, 3.8) is 0 Å². The number of piperazine rings is 1. The van der Waals surface area contributed by atoms with Gasteiger partial charge in [-0.15, -0.1) is 23.2 Å². The molecular formula is C11H27Cl2N4O8PS. The molecule has 0 radical (unpaired) electrons. The Morgan fingerprint density at radius 1 is 1.11 bits per heavy atom. The van der Waals surface area contributed by atoms with Crippen molar-refractivity contribution in [3.8, 4) is 0 Å². The van der Waals surface area contributed by atoms with Crippen molar-refractivity contribution >= 4 is 41.3 Å². The fraction of sp³-hybridized carbons (Fsp3) is 1.00. The summed E-state index contributed by atoms with van der Waals surface area (Å²) in [5, 5.41) is 17.6. The van der Waals surface area contributed by atoms with Gasteiger partial charge in [-0.3, -0.25) is 18.9 Å². The van der Waals surface area contributed by atoms with Crippen molar-refractivity contribution in [1.82, 2.24) is 20.4 Å². The van der Waals surface area contributed by atoms with Crippen molar-refractivity contribution in [2.75, 3.05) is 57.6 Å². The highest BCUT2D eigenvalue weighted by Gasteiger charge is 2.37. The summed E-state index contributed by atoms with van der Waals surface area (Å²) in [4.78, 5) is 4.14. The summed E-state index contributed by atoms with van der Waals surface area (Å²) in [6, 6.07) is 0. The molecule has 6 N–H and O–H groups in total. The number of hydrogen-bond donors (Lipinski definition) is 6. The van der Waals surface area contributed by atoms with Gasteiger partial charge in [-0.1, -0.05) is 0 Å². The molecule has 27 heavy (non-hydrogen) atoms. The molecular weight excluding hydrogens is 450 g/mol. The van der Waals surface area contributed by atoms with Gasteiger partial charge in [0.2, 0.25) is 0 Å². The Bertz CT molecular complexity index is 503. The van der Waals surface area contributed by atoms with Gasteiger partial charge in [0.25, 0.3) is 0 Å². The highest BCUT2D eigenvalue weighted by atomic mass is 35.5. The minimum atomic E-state index is -4.67. The predicted octanol–water partition coefficient (Wildman–Crippen LogP) is 0.226. The standard InChI is InChI=1S/C7H15Cl2N2O4P.C4H10N2.H2O4S/c8-2-4-11(5-3-9)16(13)10-7(15-12)1-6-14-16;1-2-6-4-3-5-1;1-5(2,3)4/h7,12H,1-6H2,(H,10,13);5-6H,1-4H2;(H2,1,2,3,4)/t7-,16-;;/m0../s1. The van der Waals surface area contributed by atoms with Crippen LogP contribution in [-0.2, 0) is 24.4 Å². The second-order valence-corrected chi connectivity index (χ2v) is 8.92. The van der Waals surface area contributed by atoms with Gasteiger partial charge >= 0.3 is 18.1 Å². The van der Waals surface area contributed by atoms with Gasteiger partial charge in [-0.05, 0) is 0 Å². The lowest BCUT2D eigenvalue weighted by Crippen LogP contribution is -2.42. The lowest BCUT2D eigenvalue weighted by Gasteiger charge is -2.35. The molecule has 0 aromatic heterocycles.